The van der Waals surface area contributed by atoms with Crippen molar-refractivity contribution < 1.29 is 9.59 Å². The van der Waals surface area contributed by atoms with E-state index in [2.05, 4.69) is 15.7 Å². The Morgan fingerprint density at radius 3 is 2.39 bits per heavy atom. The Morgan fingerprint density at radius 2 is 1.75 bits per heavy atom. The summed E-state index contributed by atoms with van der Waals surface area (Å²) in [5.41, 5.74) is 1.90. The molecular weight excluding hydrogens is 419 g/mol. The Balaban J connectivity index is 1.89. The molecule has 0 saturated heterocycles. The van der Waals surface area contributed by atoms with E-state index in [9.17, 15) is 9.59 Å². The van der Waals surface area contributed by atoms with Gasteiger partial charge in [-0.2, -0.15) is 5.10 Å². The van der Waals surface area contributed by atoms with Crippen LogP contribution in [0.15, 0.2) is 53.6 Å². The number of para-hydroxylation sites is 1. The lowest BCUT2D eigenvalue weighted by atomic mass is 10.1. The van der Waals surface area contributed by atoms with E-state index in [1.807, 2.05) is 6.26 Å². The second-order valence-corrected chi connectivity index (χ2v) is 7.39. The lowest BCUT2D eigenvalue weighted by Gasteiger charge is -2.09. The molecule has 0 aliphatic heterocycles. The highest BCUT2D eigenvalue weighted by Crippen LogP contribution is 2.31. The van der Waals surface area contributed by atoms with Gasteiger partial charge < -0.3 is 5.32 Å². The van der Waals surface area contributed by atoms with Crippen molar-refractivity contribution in [3.05, 3.63) is 64.1 Å². The van der Waals surface area contributed by atoms with Gasteiger partial charge in [0.1, 0.15) is 10.7 Å². The average Bonchev–Trinajstić information content (AvgIpc) is 3.00. The van der Waals surface area contributed by atoms with Crippen LogP contribution in [0.3, 0.4) is 0 Å². The molecule has 6 nitrogen and oxygen atoms in total. The van der Waals surface area contributed by atoms with E-state index >= 15 is 0 Å². The molecule has 0 fully saturated rings. The van der Waals surface area contributed by atoms with Gasteiger partial charge in [-0.1, -0.05) is 47.5 Å². The Labute approximate surface area is 176 Å². The van der Waals surface area contributed by atoms with Crippen molar-refractivity contribution in [1.29, 1.82) is 0 Å². The molecule has 3 aromatic rings. The van der Waals surface area contributed by atoms with E-state index < -0.39 is 11.9 Å². The van der Waals surface area contributed by atoms with Gasteiger partial charge >= 0.3 is 6.03 Å². The number of carbonyl (C=O) groups is 2. The van der Waals surface area contributed by atoms with E-state index in [0.717, 1.165) is 5.56 Å². The summed E-state index contributed by atoms with van der Waals surface area (Å²) in [6, 6.07) is 13.1. The number of urea groups is 1. The Hall–Kier alpha value is -2.48. The van der Waals surface area contributed by atoms with Crippen molar-refractivity contribution in [2.24, 2.45) is 7.05 Å². The summed E-state index contributed by atoms with van der Waals surface area (Å²) < 4.78 is 1.61. The van der Waals surface area contributed by atoms with Crippen LogP contribution in [-0.2, 0) is 7.05 Å². The van der Waals surface area contributed by atoms with E-state index in [1.165, 1.54) is 11.8 Å². The van der Waals surface area contributed by atoms with Gasteiger partial charge in [0.15, 0.2) is 0 Å². The van der Waals surface area contributed by atoms with Gasteiger partial charge in [-0.05, 0) is 30.5 Å². The number of amides is 3. The van der Waals surface area contributed by atoms with Gasteiger partial charge in [-0.15, -0.1) is 11.8 Å². The van der Waals surface area contributed by atoms with E-state index in [1.54, 1.807) is 60.3 Å². The summed E-state index contributed by atoms with van der Waals surface area (Å²) in [5, 5.41) is 10.9. The van der Waals surface area contributed by atoms with E-state index in [4.69, 9.17) is 23.2 Å². The molecule has 0 radical (unpaired) electrons. The maximum Gasteiger partial charge on any atom is 0.326 e. The number of anilines is 1. The lowest BCUT2D eigenvalue weighted by molar-refractivity contribution is 0.0964. The molecule has 1 aromatic heterocycles. The second-order valence-electron chi connectivity index (χ2n) is 5.75. The van der Waals surface area contributed by atoms with Gasteiger partial charge in [-0.25, -0.2) is 4.79 Å². The molecule has 0 unspecified atom stereocenters. The van der Waals surface area contributed by atoms with Crippen molar-refractivity contribution in [3.63, 3.8) is 0 Å². The van der Waals surface area contributed by atoms with Gasteiger partial charge in [0.25, 0.3) is 5.91 Å². The minimum Gasteiger partial charge on any atom is -0.306 e. The van der Waals surface area contributed by atoms with Crippen LogP contribution in [0.1, 0.15) is 10.4 Å². The maximum absolute atomic E-state index is 12.9. The zero-order valence-corrected chi connectivity index (χ0v) is 17.3. The van der Waals surface area contributed by atoms with Crippen molar-refractivity contribution in [2.75, 3.05) is 11.6 Å². The first-order valence-electron chi connectivity index (χ1n) is 8.14. The van der Waals surface area contributed by atoms with Crippen LogP contribution in [0, 0.1) is 0 Å². The highest BCUT2D eigenvalue weighted by molar-refractivity contribution is 7.98. The minimum absolute atomic E-state index is 0.312. The third-order valence-electron chi connectivity index (χ3n) is 3.88. The van der Waals surface area contributed by atoms with Crippen molar-refractivity contribution in [3.8, 4) is 11.3 Å². The van der Waals surface area contributed by atoms with Gasteiger partial charge in [0.05, 0.1) is 16.3 Å². The number of thioether (sulfide) groups is 1. The first kappa shape index (κ1) is 20.3. The number of benzene rings is 2. The highest BCUT2D eigenvalue weighted by Gasteiger charge is 2.25. The molecule has 9 heteroatoms. The fourth-order valence-electron chi connectivity index (χ4n) is 2.64. The number of aryl methyl sites for hydroxylation is 1. The molecule has 0 aliphatic rings. The predicted molar refractivity (Wildman–Crippen MR) is 113 cm³/mol. The third kappa shape index (κ3) is 4.32. The van der Waals surface area contributed by atoms with Crippen molar-refractivity contribution in [2.45, 2.75) is 5.03 Å². The molecule has 144 valence electrons. The zero-order valence-electron chi connectivity index (χ0n) is 15.0. The van der Waals surface area contributed by atoms with Crippen LogP contribution >= 0.6 is 35.0 Å². The minimum atomic E-state index is -0.684. The fourth-order valence-corrected chi connectivity index (χ4v) is 3.65. The van der Waals surface area contributed by atoms with Gasteiger partial charge in [0.2, 0.25) is 0 Å². The lowest BCUT2D eigenvalue weighted by Crippen LogP contribution is -2.34. The Kier molecular flexibility index (Phi) is 6.28. The number of rotatable bonds is 4. The smallest absolute Gasteiger partial charge is 0.306 e. The van der Waals surface area contributed by atoms with Crippen LogP contribution in [0.4, 0.5) is 10.5 Å². The number of hydrogen-bond acceptors (Lipinski definition) is 4. The number of imide groups is 1. The number of carbonyl (C=O) groups excluding carboxylic acids is 2. The number of hydrogen-bond donors (Lipinski definition) is 2. The van der Waals surface area contributed by atoms with Crippen LogP contribution < -0.4 is 10.6 Å². The first-order chi connectivity index (χ1) is 13.4. The largest absolute Gasteiger partial charge is 0.326 e. The first-order valence-corrected chi connectivity index (χ1v) is 10.1. The molecule has 0 aliphatic carbocycles. The van der Waals surface area contributed by atoms with Crippen LogP contribution in [-0.4, -0.2) is 28.0 Å². The summed E-state index contributed by atoms with van der Waals surface area (Å²) >= 11 is 13.4. The molecule has 28 heavy (non-hydrogen) atoms. The predicted octanol–water partition coefficient (Wildman–Crippen LogP) is 5.08. The van der Waals surface area contributed by atoms with E-state index in [-0.39, 0.29) is 0 Å². The number of nitrogens with one attached hydrogen (secondary N) is 2. The van der Waals surface area contributed by atoms with Crippen LogP contribution in [0.5, 0.6) is 0 Å². The molecule has 2 aromatic carbocycles. The molecule has 0 bridgehead atoms. The Bertz CT molecular complexity index is 1030. The van der Waals surface area contributed by atoms with E-state index in [0.29, 0.717) is 32.0 Å². The second kappa shape index (κ2) is 8.68. The Morgan fingerprint density at radius 1 is 1.07 bits per heavy atom. The molecule has 1 heterocycles. The van der Waals surface area contributed by atoms with Gasteiger partial charge in [0, 0.05) is 17.6 Å². The molecule has 3 amide bonds. The number of aromatic nitrogens is 2. The molecule has 0 saturated carbocycles. The molecular formula is C19H16Cl2N4O2S. The monoisotopic (exact) mass is 434 g/mol. The normalized spacial score (nSPS) is 10.6. The van der Waals surface area contributed by atoms with Crippen LogP contribution in [0.2, 0.25) is 10.0 Å². The molecule has 0 atom stereocenters. The standard InChI is InChI=1S/C19H16Cl2N4O2S/c1-25-18(28-2)15(16(24-25)11-7-9-12(20)10-8-11)17(26)23-19(27)22-14-6-4-3-5-13(14)21/h3-10H,1-2H3,(H2,22,23,26,27). The summed E-state index contributed by atoms with van der Waals surface area (Å²) in [4.78, 5) is 25.2. The molecule has 0 spiro atoms. The van der Waals surface area contributed by atoms with Crippen molar-refractivity contribution >= 4 is 52.6 Å². The average molecular weight is 435 g/mol. The highest BCUT2D eigenvalue weighted by atomic mass is 35.5. The molecule has 3 rings (SSSR count). The zero-order chi connectivity index (χ0) is 20.3. The fraction of sp³-hybridized carbons (Fsp3) is 0.105. The number of nitrogens with zero attached hydrogens (tertiary/aromatic N) is 2. The SMILES string of the molecule is CSc1c(C(=O)NC(=O)Nc2ccccc2Cl)c(-c2ccc(Cl)cc2)nn1C. The maximum atomic E-state index is 12.9. The summed E-state index contributed by atoms with van der Waals surface area (Å²) in [6.07, 6.45) is 1.84. The topological polar surface area (TPSA) is 76.0 Å². The van der Waals surface area contributed by atoms with Crippen molar-refractivity contribution in [1.82, 2.24) is 15.1 Å². The summed E-state index contributed by atoms with van der Waals surface area (Å²) in [6.45, 7) is 0. The number of halogens is 2. The van der Waals surface area contributed by atoms with Crippen LogP contribution in [0.25, 0.3) is 11.3 Å². The quantitative estimate of drug-likeness (QED) is 0.561. The van der Waals surface area contributed by atoms with Gasteiger partial charge in [-0.3, -0.25) is 14.8 Å². The molecule has 2 N–H and O–H groups in total. The summed E-state index contributed by atoms with van der Waals surface area (Å²) in [7, 11) is 1.74. The summed E-state index contributed by atoms with van der Waals surface area (Å²) in [5.74, 6) is -0.563. The third-order valence-corrected chi connectivity index (χ3v) is 5.32.